The van der Waals surface area contributed by atoms with Gasteiger partial charge >= 0.3 is 0 Å². The predicted octanol–water partition coefficient (Wildman–Crippen LogP) is 4.17. The van der Waals surface area contributed by atoms with E-state index >= 15 is 0 Å². The fourth-order valence-corrected chi connectivity index (χ4v) is 5.22. The highest BCUT2D eigenvalue weighted by Crippen LogP contribution is 2.18. The van der Waals surface area contributed by atoms with Crippen molar-refractivity contribution in [3.8, 4) is 0 Å². The van der Waals surface area contributed by atoms with E-state index in [1.807, 2.05) is 74.5 Å². The standard InChI is InChI=1S/C30H37N3O4S/c1-4-5-20-31-30(35)28(21-25-12-8-6-9-13-25)33(22-26-14-10-7-11-15-26)29(34)23-32(3)38(36,37)27-18-16-24(2)17-19-27/h6-19,28H,4-5,20-23H2,1-3H3,(H,31,35)/t28-/m1/s1. The lowest BCUT2D eigenvalue weighted by Crippen LogP contribution is -2.53. The quantitative estimate of drug-likeness (QED) is 0.333. The van der Waals surface area contributed by atoms with Crippen LogP contribution in [0.15, 0.2) is 89.8 Å². The molecule has 3 rings (SSSR count). The second-order valence-corrected chi connectivity index (χ2v) is 11.5. The van der Waals surface area contributed by atoms with Crippen molar-refractivity contribution in [1.82, 2.24) is 14.5 Å². The van der Waals surface area contributed by atoms with Crippen molar-refractivity contribution in [2.75, 3.05) is 20.1 Å². The third kappa shape index (κ3) is 8.00. The van der Waals surface area contributed by atoms with Crippen LogP contribution in [0.2, 0.25) is 0 Å². The second kappa shape index (κ2) is 13.9. The Morgan fingerprint density at radius 1 is 0.868 bits per heavy atom. The number of amides is 2. The van der Waals surface area contributed by atoms with Gasteiger partial charge in [-0.25, -0.2) is 8.42 Å². The molecule has 0 aliphatic rings. The van der Waals surface area contributed by atoms with Gasteiger partial charge in [0.1, 0.15) is 6.04 Å². The summed E-state index contributed by atoms with van der Waals surface area (Å²) >= 11 is 0. The molecule has 0 radical (unpaired) electrons. The minimum absolute atomic E-state index is 0.117. The van der Waals surface area contributed by atoms with E-state index in [9.17, 15) is 18.0 Å². The zero-order chi connectivity index (χ0) is 27.5. The average molecular weight is 536 g/mol. The summed E-state index contributed by atoms with van der Waals surface area (Å²) in [6.45, 7) is 4.22. The first-order valence-corrected chi connectivity index (χ1v) is 14.3. The van der Waals surface area contributed by atoms with E-state index in [-0.39, 0.29) is 17.3 Å². The monoisotopic (exact) mass is 535 g/mol. The molecule has 0 bridgehead atoms. The van der Waals surface area contributed by atoms with E-state index in [1.165, 1.54) is 24.1 Å². The van der Waals surface area contributed by atoms with Crippen molar-refractivity contribution >= 4 is 21.8 Å². The van der Waals surface area contributed by atoms with E-state index in [1.54, 1.807) is 12.1 Å². The number of aryl methyl sites for hydroxylation is 1. The first-order chi connectivity index (χ1) is 18.2. The molecule has 0 aliphatic carbocycles. The van der Waals surface area contributed by atoms with Gasteiger partial charge in [0.15, 0.2) is 0 Å². The molecule has 3 aromatic carbocycles. The number of benzene rings is 3. The normalized spacial score (nSPS) is 12.2. The van der Waals surface area contributed by atoms with Crippen LogP contribution in [0, 0.1) is 6.92 Å². The Labute approximate surface area is 226 Å². The minimum Gasteiger partial charge on any atom is -0.354 e. The van der Waals surface area contributed by atoms with Crippen LogP contribution in [0.5, 0.6) is 0 Å². The van der Waals surface area contributed by atoms with E-state index < -0.39 is 28.5 Å². The number of hydrogen-bond donors (Lipinski definition) is 1. The van der Waals surface area contributed by atoms with Crippen molar-refractivity contribution in [2.24, 2.45) is 0 Å². The smallest absolute Gasteiger partial charge is 0.243 e. The van der Waals surface area contributed by atoms with Gasteiger partial charge < -0.3 is 10.2 Å². The lowest BCUT2D eigenvalue weighted by Gasteiger charge is -2.32. The molecule has 0 heterocycles. The number of likely N-dealkylation sites (N-methyl/N-ethyl adjacent to an activating group) is 1. The van der Waals surface area contributed by atoms with E-state index in [0.29, 0.717) is 13.0 Å². The SMILES string of the molecule is CCCCNC(=O)[C@@H](Cc1ccccc1)N(Cc1ccccc1)C(=O)CN(C)S(=O)(=O)c1ccc(C)cc1. The average Bonchev–Trinajstić information content (AvgIpc) is 2.92. The molecule has 8 heteroatoms. The van der Waals surface area contributed by atoms with Crippen molar-refractivity contribution in [3.05, 3.63) is 102 Å². The Hall–Kier alpha value is -3.49. The van der Waals surface area contributed by atoms with E-state index in [0.717, 1.165) is 33.8 Å². The summed E-state index contributed by atoms with van der Waals surface area (Å²) < 4.78 is 27.5. The van der Waals surface area contributed by atoms with Crippen LogP contribution >= 0.6 is 0 Å². The molecule has 0 aliphatic heterocycles. The molecule has 0 aromatic heterocycles. The minimum atomic E-state index is -3.89. The maximum absolute atomic E-state index is 13.8. The van der Waals surface area contributed by atoms with Crippen LogP contribution in [0.3, 0.4) is 0 Å². The number of sulfonamides is 1. The molecule has 0 spiro atoms. The number of nitrogens with zero attached hydrogens (tertiary/aromatic N) is 2. The molecule has 0 unspecified atom stereocenters. The third-order valence-corrected chi connectivity index (χ3v) is 8.20. The Morgan fingerprint density at radius 3 is 2.03 bits per heavy atom. The van der Waals surface area contributed by atoms with Gasteiger partial charge in [-0.15, -0.1) is 0 Å². The van der Waals surface area contributed by atoms with Crippen LogP contribution in [0.1, 0.15) is 36.5 Å². The Bertz CT molecular complexity index is 1280. The maximum atomic E-state index is 13.8. The molecule has 38 heavy (non-hydrogen) atoms. The molecule has 202 valence electrons. The summed E-state index contributed by atoms with van der Waals surface area (Å²) in [5.74, 6) is -0.700. The summed E-state index contributed by atoms with van der Waals surface area (Å²) in [6.07, 6.45) is 2.07. The van der Waals surface area contributed by atoms with Gasteiger partial charge in [0.05, 0.1) is 11.4 Å². The lowest BCUT2D eigenvalue weighted by molar-refractivity contribution is -0.141. The fraction of sp³-hybridized carbons (Fsp3) is 0.333. The molecule has 0 saturated heterocycles. The summed E-state index contributed by atoms with van der Waals surface area (Å²) in [5.41, 5.74) is 2.70. The molecule has 0 fully saturated rings. The first kappa shape index (κ1) is 29.1. The molecule has 1 atom stereocenters. The van der Waals surface area contributed by atoms with E-state index in [2.05, 4.69) is 5.32 Å². The molecule has 0 saturated carbocycles. The highest BCUT2D eigenvalue weighted by atomic mass is 32.2. The zero-order valence-electron chi connectivity index (χ0n) is 22.3. The number of hydrogen-bond acceptors (Lipinski definition) is 4. The van der Waals surface area contributed by atoms with Gasteiger partial charge in [-0.3, -0.25) is 9.59 Å². The number of nitrogens with one attached hydrogen (secondary N) is 1. The van der Waals surface area contributed by atoms with Gasteiger partial charge in [-0.2, -0.15) is 4.31 Å². The molecule has 7 nitrogen and oxygen atoms in total. The summed E-state index contributed by atoms with van der Waals surface area (Å²) in [6, 6.07) is 24.7. The van der Waals surface area contributed by atoms with Crippen molar-refractivity contribution in [3.63, 3.8) is 0 Å². The molecular formula is C30H37N3O4S. The van der Waals surface area contributed by atoms with Crippen molar-refractivity contribution in [2.45, 2.75) is 50.6 Å². The van der Waals surface area contributed by atoms with E-state index in [4.69, 9.17) is 0 Å². The van der Waals surface area contributed by atoms with Gasteiger partial charge in [0, 0.05) is 26.6 Å². The largest absolute Gasteiger partial charge is 0.354 e. The van der Waals surface area contributed by atoms with Gasteiger partial charge in [0.25, 0.3) is 0 Å². The number of unbranched alkanes of at least 4 members (excludes halogenated alkanes) is 1. The first-order valence-electron chi connectivity index (χ1n) is 12.9. The Morgan fingerprint density at radius 2 is 1.45 bits per heavy atom. The Balaban J connectivity index is 1.92. The number of carbonyl (C=O) groups is 2. The van der Waals surface area contributed by atoms with Crippen LogP contribution in [-0.4, -0.2) is 55.6 Å². The topological polar surface area (TPSA) is 86.8 Å². The lowest BCUT2D eigenvalue weighted by atomic mass is 10.0. The highest BCUT2D eigenvalue weighted by Gasteiger charge is 2.32. The van der Waals surface area contributed by atoms with Crippen LogP contribution in [0.4, 0.5) is 0 Å². The second-order valence-electron chi connectivity index (χ2n) is 9.43. The zero-order valence-corrected chi connectivity index (χ0v) is 23.2. The van der Waals surface area contributed by atoms with Crippen LogP contribution < -0.4 is 5.32 Å². The fourth-order valence-electron chi connectivity index (χ4n) is 4.10. The highest BCUT2D eigenvalue weighted by molar-refractivity contribution is 7.89. The number of rotatable bonds is 13. The predicted molar refractivity (Wildman–Crippen MR) is 150 cm³/mol. The van der Waals surface area contributed by atoms with Crippen molar-refractivity contribution in [1.29, 1.82) is 0 Å². The van der Waals surface area contributed by atoms with Gasteiger partial charge in [-0.05, 0) is 36.6 Å². The summed E-state index contributed by atoms with van der Waals surface area (Å²) in [7, 11) is -2.50. The van der Waals surface area contributed by atoms with Crippen LogP contribution in [0.25, 0.3) is 0 Å². The summed E-state index contributed by atoms with van der Waals surface area (Å²) in [4.78, 5) is 28.9. The third-order valence-electron chi connectivity index (χ3n) is 6.38. The molecular weight excluding hydrogens is 498 g/mol. The summed E-state index contributed by atoms with van der Waals surface area (Å²) in [5, 5.41) is 2.98. The molecule has 1 N–H and O–H groups in total. The van der Waals surface area contributed by atoms with Gasteiger partial charge in [0.2, 0.25) is 21.8 Å². The van der Waals surface area contributed by atoms with Gasteiger partial charge in [-0.1, -0.05) is 91.7 Å². The van der Waals surface area contributed by atoms with Crippen molar-refractivity contribution < 1.29 is 18.0 Å². The number of carbonyl (C=O) groups excluding carboxylic acids is 2. The Kier molecular flexibility index (Phi) is 10.6. The molecule has 3 aromatic rings. The maximum Gasteiger partial charge on any atom is 0.243 e. The van der Waals surface area contributed by atoms with Crippen LogP contribution in [-0.2, 0) is 32.6 Å². The molecule has 2 amide bonds.